The molecule has 0 radical (unpaired) electrons. The van der Waals surface area contributed by atoms with E-state index in [1.807, 2.05) is 44.2 Å². The molecular weight excluding hydrogens is 362 g/mol. The van der Waals surface area contributed by atoms with Crippen molar-refractivity contribution in [1.29, 1.82) is 0 Å². The van der Waals surface area contributed by atoms with Gasteiger partial charge in [-0.2, -0.15) is 0 Å². The second-order valence-electron chi connectivity index (χ2n) is 6.73. The molecule has 0 aliphatic rings. The van der Waals surface area contributed by atoms with Crippen molar-refractivity contribution in [2.75, 3.05) is 5.73 Å². The van der Waals surface area contributed by atoms with E-state index in [0.717, 1.165) is 33.8 Å². The molecule has 0 saturated carbocycles. The Kier molecular flexibility index (Phi) is 6.63. The highest BCUT2D eigenvalue weighted by atomic mass is 16.5. The average molecular weight is 387 g/mol. The number of anilines is 1. The summed E-state index contributed by atoms with van der Waals surface area (Å²) in [6.07, 6.45) is 8.10. The van der Waals surface area contributed by atoms with Crippen LogP contribution >= 0.6 is 0 Å². The fraction of sp³-hybridized carbons (Fsp3) is 0.167. The normalized spacial score (nSPS) is 11.7. The molecule has 148 valence electrons. The minimum absolute atomic E-state index is 0.494. The van der Waals surface area contributed by atoms with Crippen molar-refractivity contribution in [3.8, 4) is 11.3 Å². The van der Waals surface area contributed by atoms with Crippen LogP contribution in [0.5, 0.6) is 0 Å². The van der Waals surface area contributed by atoms with Crippen molar-refractivity contribution >= 4 is 5.82 Å². The van der Waals surface area contributed by atoms with Crippen LogP contribution in [0.3, 0.4) is 0 Å². The highest BCUT2D eigenvalue weighted by molar-refractivity contribution is 5.61. The molecule has 0 saturated heterocycles. The van der Waals surface area contributed by atoms with Crippen molar-refractivity contribution in [2.45, 2.75) is 26.9 Å². The van der Waals surface area contributed by atoms with Gasteiger partial charge >= 0.3 is 0 Å². The Bertz CT molecular complexity index is 1030. The van der Waals surface area contributed by atoms with Crippen LogP contribution in [-0.4, -0.2) is 10.1 Å². The van der Waals surface area contributed by atoms with Gasteiger partial charge in [-0.25, -0.2) is 4.98 Å². The lowest BCUT2D eigenvalue weighted by Crippen LogP contribution is -1.93. The van der Waals surface area contributed by atoms with Gasteiger partial charge in [-0.15, -0.1) is 0 Å². The lowest BCUT2D eigenvalue weighted by Gasteiger charge is -2.06. The lowest BCUT2D eigenvalue weighted by atomic mass is 10.1. The first kappa shape index (κ1) is 20.1. The summed E-state index contributed by atoms with van der Waals surface area (Å²) in [5.41, 5.74) is 10.6. The van der Waals surface area contributed by atoms with E-state index in [1.54, 1.807) is 12.1 Å². The first-order chi connectivity index (χ1) is 14.0. The number of hydrogen-bond acceptors (Lipinski definition) is 5. The van der Waals surface area contributed by atoms with Gasteiger partial charge in [0.2, 0.25) is 0 Å². The third-order valence-electron chi connectivity index (χ3n) is 4.38. The maximum Gasteiger partial charge on any atom is 0.168 e. The molecule has 0 aliphatic heterocycles. The molecule has 3 rings (SSSR count). The van der Waals surface area contributed by atoms with Crippen LogP contribution in [0.25, 0.3) is 11.3 Å². The van der Waals surface area contributed by atoms with E-state index < -0.39 is 0 Å². The zero-order valence-corrected chi connectivity index (χ0v) is 16.8. The fourth-order valence-electron chi connectivity index (χ4n) is 2.84. The number of hydrogen-bond donors (Lipinski definition) is 1. The molecule has 1 aromatic carbocycles. The van der Waals surface area contributed by atoms with Crippen LogP contribution in [0, 0.1) is 6.92 Å². The average Bonchev–Trinajstić information content (AvgIpc) is 3.16. The number of aromatic nitrogens is 2. The van der Waals surface area contributed by atoms with Gasteiger partial charge in [0, 0.05) is 18.1 Å². The first-order valence-corrected chi connectivity index (χ1v) is 9.41. The van der Waals surface area contributed by atoms with E-state index in [-0.39, 0.29) is 0 Å². The molecule has 0 bridgehead atoms. The van der Waals surface area contributed by atoms with Crippen molar-refractivity contribution in [2.24, 2.45) is 0 Å². The number of allylic oxidation sites excluding steroid dienone is 5. The number of rotatable bonds is 8. The summed E-state index contributed by atoms with van der Waals surface area (Å²) in [5, 5.41) is 4.19. The van der Waals surface area contributed by atoms with E-state index >= 15 is 0 Å². The Morgan fingerprint density at radius 2 is 1.90 bits per heavy atom. The summed E-state index contributed by atoms with van der Waals surface area (Å²) in [6, 6.07) is 13.9. The number of aryl methyl sites for hydroxylation is 1. The summed E-state index contributed by atoms with van der Waals surface area (Å²) in [7, 11) is 0. The summed E-state index contributed by atoms with van der Waals surface area (Å²) in [4.78, 5) is 4.27. The number of nitrogens with zero attached hydrogens (tertiary/aromatic N) is 2. The predicted molar refractivity (Wildman–Crippen MR) is 116 cm³/mol. The van der Waals surface area contributed by atoms with Crippen LogP contribution < -0.4 is 5.73 Å². The largest absolute Gasteiger partial charge is 0.494 e. The zero-order valence-electron chi connectivity index (χ0n) is 16.8. The van der Waals surface area contributed by atoms with Gasteiger partial charge in [-0.1, -0.05) is 54.2 Å². The maximum absolute atomic E-state index is 5.74. The highest BCUT2D eigenvalue weighted by Gasteiger charge is 2.11. The molecule has 5 heteroatoms. The monoisotopic (exact) mass is 387 g/mol. The molecule has 0 fully saturated rings. The Balaban J connectivity index is 1.60. The molecule has 0 atom stereocenters. The molecule has 0 aliphatic carbocycles. The van der Waals surface area contributed by atoms with Gasteiger partial charge in [-0.3, -0.25) is 0 Å². The summed E-state index contributed by atoms with van der Waals surface area (Å²) >= 11 is 0. The molecular formula is C24H25N3O2. The second kappa shape index (κ2) is 9.55. The van der Waals surface area contributed by atoms with Crippen LogP contribution in [0.2, 0.25) is 0 Å². The number of pyridine rings is 1. The fourth-order valence-corrected chi connectivity index (χ4v) is 2.84. The third kappa shape index (κ3) is 5.69. The summed E-state index contributed by atoms with van der Waals surface area (Å²) in [6.45, 7) is 8.01. The quantitative estimate of drug-likeness (QED) is 0.415. The van der Waals surface area contributed by atoms with E-state index in [1.165, 1.54) is 0 Å². The van der Waals surface area contributed by atoms with Crippen molar-refractivity contribution in [1.82, 2.24) is 10.1 Å². The number of ether oxygens (including phenoxy) is 1. The van der Waals surface area contributed by atoms with Crippen LogP contribution in [0.15, 0.2) is 83.6 Å². The SMILES string of the molecule is C=C/C=C\C=C(/C)OCc1ccc(Cc2cc(-c3ccc(N)nc3C)on2)cc1. The Morgan fingerprint density at radius 1 is 1.14 bits per heavy atom. The number of benzene rings is 1. The molecule has 0 spiro atoms. The van der Waals surface area contributed by atoms with E-state index in [9.17, 15) is 0 Å². The minimum atomic E-state index is 0.494. The Morgan fingerprint density at radius 3 is 2.62 bits per heavy atom. The molecule has 3 aromatic rings. The topological polar surface area (TPSA) is 74.2 Å². The van der Waals surface area contributed by atoms with E-state index in [2.05, 4.69) is 41.0 Å². The molecule has 0 amide bonds. The maximum atomic E-state index is 5.74. The third-order valence-corrected chi connectivity index (χ3v) is 4.38. The van der Waals surface area contributed by atoms with Crippen LogP contribution in [-0.2, 0) is 17.8 Å². The molecule has 2 heterocycles. The number of nitrogen functional groups attached to an aromatic ring is 1. The van der Waals surface area contributed by atoms with Gasteiger partial charge in [0.25, 0.3) is 0 Å². The van der Waals surface area contributed by atoms with Crippen LogP contribution in [0.1, 0.15) is 29.4 Å². The van der Waals surface area contributed by atoms with Crippen molar-refractivity contribution < 1.29 is 9.26 Å². The van der Waals surface area contributed by atoms with Crippen molar-refractivity contribution in [3.63, 3.8) is 0 Å². The van der Waals surface area contributed by atoms with Crippen molar-refractivity contribution in [3.05, 3.63) is 102 Å². The Hall–Kier alpha value is -3.60. The van der Waals surface area contributed by atoms with Gasteiger partial charge in [0.05, 0.1) is 17.1 Å². The van der Waals surface area contributed by atoms with Gasteiger partial charge in [0.1, 0.15) is 12.4 Å². The highest BCUT2D eigenvalue weighted by Crippen LogP contribution is 2.24. The standard InChI is InChI=1S/C24H25N3O2/c1-4-5-6-7-17(2)28-16-20-10-8-19(9-11-20)14-21-15-23(29-27-21)22-12-13-24(25)26-18(22)3/h4-13,15H,1,14,16H2,2-3H3,(H2,25,26)/b6-5-,17-7+. The lowest BCUT2D eigenvalue weighted by molar-refractivity contribution is 0.201. The summed E-state index contributed by atoms with van der Waals surface area (Å²) < 4.78 is 11.2. The van der Waals surface area contributed by atoms with Gasteiger partial charge in [0.15, 0.2) is 5.76 Å². The first-order valence-electron chi connectivity index (χ1n) is 9.41. The molecule has 2 N–H and O–H groups in total. The second-order valence-corrected chi connectivity index (χ2v) is 6.73. The summed E-state index contributed by atoms with van der Waals surface area (Å²) in [5.74, 6) is 2.05. The Labute approximate surface area is 171 Å². The van der Waals surface area contributed by atoms with E-state index in [0.29, 0.717) is 24.6 Å². The number of nitrogens with two attached hydrogens (primary N) is 1. The van der Waals surface area contributed by atoms with Gasteiger partial charge in [-0.05, 0) is 43.2 Å². The molecule has 5 nitrogen and oxygen atoms in total. The molecule has 0 unspecified atom stereocenters. The smallest absolute Gasteiger partial charge is 0.168 e. The van der Waals surface area contributed by atoms with Gasteiger partial charge < -0.3 is 15.0 Å². The minimum Gasteiger partial charge on any atom is -0.494 e. The predicted octanol–water partition coefficient (Wildman–Crippen LogP) is 5.38. The van der Waals surface area contributed by atoms with Crippen LogP contribution in [0.4, 0.5) is 5.82 Å². The van der Waals surface area contributed by atoms with E-state index in [4.69, 9.17) is 15.0 Å². The zero-order chi connectivity index (χ0) is 20.6. The molecule has 2 aromatic heterocycles. The molecule has 29 heavy (non-hydrogen) atoms.